The van der Waals surface area contributed by atoms with Crippen LogP contribution in [0.3, 0.4) is 0 Å². The molecule has 2 rings (SSSR count). The number of nitrogens with zero attached hydrogens (tertiary/aromatic N) is 2. The van der Waals surface area contributed by atoms with Crippen LogP contribution in [0.2, 0.25) is 0 Å². The van der Waals surface area contributed by atoms with Crippen molar-refractivity contribution in [3.63, 3.8) is 0 Å². The van der Waals surface area contributed by atoms with Gasteiger partial charge in [-0.25, -0.2) is 4.39 Å². The van der Waals surface area contributed by atoms with Crippen molar-refractivity contribution < 1.29 is 18.5 Å². The number of hydrogen-bond acceptors (Lipinski definition) is 5. The van der Waals surface area contributed by atoms with Gasteiger partial charge in [-0.1, -0.05) is 18.2 Å². The smallest absolute Gasteiger partial charge is 0.397 e. The third-order valence-corrected chi connectivity index (χ3v) is 2.62. The fourth-order valence-corrected chi connectivity index (χ4v) is 1.68. The van der Waals surface area contributed by atoms with Gasteiger partial charge >= 0.3 is 5.88 Å². The van der Waals surface area contributed by atoms with Crippen LogP contribution in [0.1, 0.15) is 22.0 Å². The Morgan fingerprint density at radius 2 is 2.05 bits per heavy atom. The summed E-state index contributed by atoms with van der Waals surface area (Å²) in [5.41, 5.74) is -0.0981. The number of Topliss-reactive ketones (excluding diaryl/α,β-unsaturated/α-hetero) is 1. The highest BCUT2D eigenvalue weighted by Crippen LogP contribution is 2.25. The van der Waals surface area contributed by atoms with Crippen molar-refractivity contribution in [2.75, 3.05) is 0 Å². The van der Waals surface area contributed by atoms with Crippen LogP contribution >= 0.6 is 0 Å². The predicted molar refractivity (Wildman–Crippen MR) is 64.4 cm³/mol. The fraction of sp³-hybridized carbons (Fsp3) is 0.0769. The molecule has 0 saturated carbocycles. The number of carbonyl (C=O) groups is 1. The first-order valence-electron chi connectivity index (χ1n) is 5.47. The van der Waals surface area contributed by atoms with Crippen LogP contribution in [0.5, 0.6) is 0 Å². The third kappa shape index (κ3) is 2.40. The SMILES string of the molecule is N#CC(C(=O)c1ccc([N+](=O)[O-])o1)c1ccccc1F. The van der Waals surface area contributed by atoms with Gasteiger partial charge in [0.25, 0.3) is 0 Å². The minimum atomic E-state index is -1.41. The second-order valence-electron chi connectivity index (χ2n) is 3.84. The Labute approximate surface area is 112 Å². The molecule has 1 unspecified atom stereocenters. The highest BCUT2D eigenvalue weighted by atomic mass is 19.1. The molecule has 0 aliphatic rings. The van der Waals surface area contributed by atoms with Crippen molar-refractivity contribution in [3.8, 4) is 6.07 Å². The predicted octanol–water partition coefficient (Wildman–Crippen LogP) is 2.82. The molecule has 0 aliphatic heterocycles. The van der Waals surface area contributed by atoms with Gasteiger partial charge in [0.05, 0.1) is 12.1 Å². The molecule has 0 spiro atoms. The molecule has 0 radical (unpaired) electrons. The van der Waals surface area contributed by atoms with Crippen molar-refractivity contribution in [1.29, 1.82) is 5.26 Å². The summed E-state index contributed by atoms with van der Waals surface area (Å²) >= 11 is 0. The Bertz CT molecular complexity index is 717. The normalized spacial score (nSPS) is 11.6. The Balaban J connectivity index is 2.37. The van der Waals surface area contributed by atoms with Crippen LogP contribution in [0, 0.1) is 27.3 Å². The summed E-state index contributed by atoms with van der Waals surface area (Å²) in [6.45, 7) is 0. The number of benzene rings is 1. The van der Waals surface area contributed by atoms with Crippen molar-refractivity contribution in [3.05, 3.63) is 63.7 Å². The molecule has 20 heavy (non-hydrogen) atoms. The molecular formula is C13H7FN2O4. The minimum Gasteiger partial charge on any atom is -0.397 e. The van der Waals surface area contributed by atoms with Gasteiger partial charge in [-0.15, -0.1) is 0 Å². The molecule has 100 valence electrons. The van der Waals surface area contributed by atoms with Gasteiger partial charge in [-0.3, -0.25) is 14.9 Å². The van der Waals surface area contributed by atoms with Crippen LogP contribution in [-0.4, -0.2) is 10.7 Å². The number of nitriles is 1. The standard InChI is InChI=1S/C13H7FN2O4/c14-10-4-2-1-3-8(10)9(7-15)13(17)11-5-6-12(20-11)16(18)19/h1-6,9H. The lowest BCUT2D eigenvalue weighted by Gasteiger charge is -2.07. The van der Waals surface area contributed by atoms with Crippen molar-refractivity contribution >= 4 is 11.7 Å². The van der Waals surface area contributed by atoms with E-state index in [2.05, 4.69) is 0 Å². The molecule has 0 bridgehead atoms. The molecule has 1 heterocycles. The number of carbonyl (C=O) groups excluding carboxylic acids is 1. The molecule has 6 nitrogen and oxygen atoms in total. The maximum atomic E-state index is 13.6. The summed E-state index contributed by atoms with van der Waals surface area (Å²) in [4.78, 5) is 21.7. The van der Waals surface area contributed by atoms with Crippen molar-refractivity contribution in [2.24, 2.45) is 0 Å². The number of hydrogen-bond donors (Lipinski definition) is 0. The summed E-state index contributed by atoms with van der Waals surface area (Å²) in [6, 6.07) is 9.11. The van der Waals surface area contributed by atoms with Crippen molar-refractivity contribution in [2.45, 2.75) is 5.92 Å². The highest BCUT2D eigenvalue weighted by molar-refractivity contribution is 6.00. The molecule has 1 aromatic carbocycles. The van der Waals surface area contributed by atoms with Crippen LogP contribution in [0.15, 0.2) is 40.8 Å². The number of halogens is 1. The van der Waals surface area contributed by atoms with Crippen LogP contribution < -0.4 is 0 Å². The summed E-state index contributed by atoms with van der Waals surface area (Å²) in [5.74, 6) is -3.91. The maximum Gasteiger partial charge on any atom is 0.433 e. The number of ketones is 1. The van der Waals surface area contributed by atoms with E-state index in [9.17, 15) is 19.3 Å². The summed E-state index contributed by atoms with van der Waals surface area (Å²) in [6.07, 6.45) is 0. The second-order valence-corrected chi connectivity index (χ2v) is 3.84. The van der Waals surface area contributed by atoms with E-state index in [1.165, 1.54) is 18.2 Å². The first kappa shape index (κ1) is 13.4. The molecular weight excluding hydrogens is 267 g/mol. The number of furan rings is 1. The van der Waals surface area contributed by atoms with Crippen LogP contribution in [0.4, 0.5) is 10.3 Å². The Morgan fingerprint density at radius 1 is 1.35 bits per heavy atom. The summed E-state index contributed by atoms with van der Waals surface area (Å²) in [5, 5.41) is 19.5. The molecule has 7 heteroatoms. The lowest BCUT2D eigenvalue weighted by atomic mass is 9.94. The van der Waals surface area contributed by atoms with Gasteiger partial charge in [-0.05, 0) is 12.1 Å². The Hall–Kier alpha value is -3.01. The molecule has 1 atom stereocenters. The second kappa shape index (κ2) is 5.32. The average Bonchev–Trinajstić information content (AvgIpc) is 2.91. The Kier molecular flexibility index (Phi) is 3.57. The Morgan fingerprint density at radius 3 is 2.60 bits per heavy atom. The van der Waals surface area contributed by atoms with E-state index in [1.54, 1.807) is 6.07 Å². The average molecular weight is 274 g/mol. The quantitative estimate of drug-likeness (QED) is 0.485. The van der Waals surface area contributed by atoms with E-state index < -0.39 is 28.3 Å². The van der Waals surface area contributed by atoms with E-state index >= 15 is 0 Å². The van der Waals surface area contributed by atoms with Crippen molar-refractivity contribution in [1.82, 2.24) is 0 Å². The highest BCUT2D eigenvalue weighted by Gasteiger charge is 2.28. The van der Waals surface area contributed by atoms with Gasteiger partial charge in [0.2, 0.25) is 5.78 Å². The zero-order valence-electron chi connectivity index (χ0n) is 9.95. The van der Waals surface area contributed by atoms with Gasteiger partial charge in [0.15, 0.2) is 5.76 Å². The first-order valence-corrected chi connectivity index (χ1v) is 5.47. The topological polar surface area (TPSA) is 97.1 Å². The van der Waals surface area contributed by atoms with Gasteiger partial charge < -0.3 is 4.42 Å². The molecule has 1 aromatic heterocycles. The van der Waals surface area contributed by atoms with Gasteiger partial charge in [0.1, 0.15) is 16.7 Å². The van der Waals surface area contributed by atoms with E-state index in [1.807, 2.05) is 0 Å². The van der Waals surface area contributed by atoms with Gasteiger partial charge in [-0.2, -0.15) is 5.26 Å². The third-order valence-electron chi connectivity index (χ3n) is 2.62. The monoisotopic (exact) mass is 274 g/mol. The van der Waals surface area contributed by atoms with Crippen LogP contribution in [-0.2, 0) is 0 Å². The zero-order valence-corrected chi connectivity index (χ0v) is 9.95. The summed E-state index contributed by atoms with van der Waals surface area (Å²) < 4.78 is 18.3. The molecule has 0 amide bonds. The molecule has 0 aliphatic carbocycles. The minimum absolute atomic E-state index is 0.0981. The van der Waals surface area contributed by atoms with E-state index in [0.717, 1.165) is 18.2 Å². The summed E-state index contributed by atoms with van der Waals surface area (Å²) in [7, 11) is 0. The molecule has 2 aromatic rings. The molecule has 0 saturated heterocycles. The number of nitro groups is 1. The zero-order chi connectivity index (χ0) is 14.7. The van der Waals surface area contributed by atoms with E-state index in [0.29, 0.717) is 0 Å². The molecule has 0 fully saturated rings. The lowest BCUT2D eigenvalue weighted by molar-refractivity contribution is -0.402. The number of rotatable bonds is 4. The van der Waals surface area contributed by atoms with E-state index in [-0.39, 0.29) is 11.3 Å². The van der Waals surface area contributed by atoms with E-state index in [4.69, 9.17) is 9.68 Å². The first-order chi connectivity index (χ1) is 9.54. The molecule has 0 N–H and O–H groups in total. The maximum absolute atomic E-state index is 13.6. The van der Waals surface area contributed by atoms with Crippen LogP contribution in [0.25, 0.3) is 0 Å². The fourth-order valence-electron chi connectivity index (χ4n) is 1.68. The largest absolute Gasteiger partial charge is 0.433 e. The van der Waals surface area contributed by atoms with Gasteiger partial charge in [0, 0.05) is 5.56 Å². The lowest BCUT2D eigenvalue weighted by Crippen LogP contribution is -2.12.